The fourth-order valence-corrected chi connectivity index (χ4v) is 3.26. The van der Waals surface area contributed by atoms with Crippen molar-refractivity contribution in [1.29, 1.82) is 0 Å². The van der Waals surface area contributed by atoms with Crippen molar-refractivity contribution in [2.24, 2.45) is 0 Å². The average Bonchev–Trinajstić information content (AvgIpc) is 3.30. The van der Waals surface area contributed by atoms with E-state index >= 15 is 0 Å². The lowest BCUT2D eigenvalue weighted by Gasteiger charge is -2.30. The van der Waals surface area contributed by atoms with Gasteiger partial charge in [0.1, 0.15) is 5.82 Å². The molecule has 0 amide bonds. The number of carbonyl (C=O) groups excluding carboxylic acids is 1. The molecule has 0 aliphatic carbocycles. The Morgan fingerprint density at radius 1 is 1.33 bits per heavy atom. The van der Waals surface area contributed by atoms with Crippen molar-refractivity contribution in [3.05, 3.63) is 42.0 Å². The van der Waals surface area contributed by atoms with Crippen molar-refractivity contribution in [2.75, 3.05) is 25.1 Å². The number of carbonyl (C=O) groups is 1. The molecule has 24 heavy (non-hydrogen) atoms. The smallest absolute Gasteiger partial charge is 0.337 e. The van der Waals surface area contributed by atoms with Gasteiger partial charge in [-0.1, -0.05) is 0 Å². The number of benzene rings is 1. The lowest BCUT2D eigenvalue weighted by Crippen LogP contribution is -2.33. The Labute approximate surface area is 139 Å². The molecule has 0 radical (unpaired) electrons. The highest BCUT2D eigenvalue weighted by atomic mass is 16.5. The third-order valence-corrected chi connectivity index (χ3v) is 4.59. The zero-order valence-corrected chi connectivity index (χ0v) is 13.5. The third-order valence-electron chi connectivity index (χ3n) is 4.59. The van der Waals surface area contributed by atoms with E-state index in [4.69, 9.17) is 4.74 Å². The van der Waals surface area contributed by atoms with Crippen molar-refractivity contribution < 1.29 is 9.53 Å². The van der Waals surface area contributed by atoms with Gasteiger partial charge in [0.25, 0.3) is 0 Å². The normalized spacial score (nSPS) is 15.8. The number of hydrogen-bond donors (Lipinski definition) is 2. The highest BCUT2D eigenvalue weighted by Gasteiger charge is 2.24. The van der Waals surface area contributed by atoms with E-state index in [-0.39, 0.29) is 5.97 Å². The van der Waals surface area contributed by atoms with Crippen molar-refractivity contribution >= 4 is 23.0 Å². The van der Waals surface area contributed by atoms with Gasteiger partial charge < -0.3 is 19.6 Å². The lowest BCUT2D eigenvalue weighted by atomic mass is 9.96. The number of imidazole rings is 2. The second-order valence-electron chi connectivity index (χ2n) is 6.02. The highest BCUT2D eigenvalue weighted by molar-refractivity contribution is 5.93. The second-order valence-corrected chi connectivity index (χ2v) is 6.02. The van der Waals surface area contributed by atoms with Crippen LogP contribution < -0.4 is 4.90 Å². The van der Waals surface area contributed by atoms with E-state index in [1.165, 1.54) is 7.11 Å². The number of anilines is 1. The Balaban J connectivity index is 1.51. The summed E-state index contributed by atoms with van der Waals surface area (Å²) in [5, 5.41) is 0. The van der Waals surface area contributed by atoms with Crippen LogP contribution in [0.2, 0.25) is 0 Å². The van der Waals surface area contributed by atoms with Crippen LogP contribution in [0, 0.1) is 0 Å². The Bertz CT molecular complexity index is 847. The van der Waals surface area contributed by atoms with E-state index < -0.39 is 0 Å². The predicted molar refractivity (Wildman–Crippen MR) is 90.2 cm³/mol. The minimum absolute atomic E-state index is 0.340. The van der Waals surface area contributed by atoms with Gasteiger partial charge in [-0.3, -0.25) is 0 Å². The van der Waals surface area contributed by atoms with Crippen molar-refractivity contribution in [1.82, 2.24) is 19.9 Å². The zero-order chi connectivity index (χ0) is 16.5. The van der Waals surface area contributed by atoms with Crippen LogP contribution in [0.3, 0.4) is 0 Å². The van der Waals surface area contributed by atoms with E-state index in [1.807, 2.05) is 12.3 Å². The molecule has 3 heterocycles. The van der Waals surface area contributed by atoms with Gasteiger partial charge in [-0.25, -0.2) is 14.8 Å². The average molecular weight is 325 g/mol. The van der Waals surface area contributed by atoms with E-state index in [0.717, 1.165) is 48.7 Å². The van der Waals surface area contributed by atoms with Crippen LogP contribution >= 0.6 is 0 Å². The van der Waals surface area contributed by atoms with E-state index in [0.29, 0.717) is 11.5 Å². The van der Waals surface area contributed by atoms with Crippen molar-refractivity contribution in [2.45, 2.75) is 18.8 Å². The summed E-state index contributed by atoms with van der Waals surface area (Å²) < 4.78 is 4.76. The maximum atomic E-state index is 11.6. The van der Waals surface area contributed by atoms with Crippen LogP contribution in [0.5, 0.6) is 0 Å². The molecular formula is C17H19N5O2. The molecule has 1 aromatic carbocycles. The fraction of sp³-hybridized carbons (Fsp3) is 0.353. The number of aromatic amines is 2. The number of fused-ring (bicyclic) bond motifs is 1. The first kappa shape index (κ1) is 14.7. The summed E-state index contributed by atoms with van der Waals surface area (Å²) in [6.07, 6.45) is 5.76. The Morgan fingerprint density at radius 2 is 2.17 bits per heavy atom. The topological polar surface area (TPSA) is 86.9 Å². The molecule has 2 N–H and O–H groups in total. The minimum atomic E-state index is -0.340. The van der Waals surface area contributed by atoms with Crippen LogP contribution in [0.1, 0.15) is 34.9 Å². The first-order chi connectivity index (χ1) is 11.7. The van der Waals surface area contributed by atoms with Crippen LogP contribution in [0.15, 0.2) is 30.6 Å². The number of nitrogens with zero attached hydrogens (tertiary/aromatic N) is 3. The molecule has 1 saturated heterocycles. The monoisotopic (exact) mass is 325 g/mol. The summed E-state index contributed by atoms with van der Waals surface area (Å²) in [7, 11) is 1.38. The molecule has 7 heteroatoms. The Kier molecular flexibility index (Phi) is 3.68. The molecule has 3 aromatic rings. The van der Waals surface area contributed by atoms with E-state index in [1.54, 1.807) is 18.3 Å². The second kappa shape index (κ2) is 5.99. The van der Waals surface area contributed by atoms with Crippen molar-refractivity contribution in [3.63, 3.8) is 0 Å². The molecule has 0 atom stereocenters. The first-order valence-corrected chi connectivity index (χ1v) is 8.07. The summed E-state index contributed by atoms with van der Waals surface area (Å²) >= 11 is 0. The van der Waals surface area contributed by atoms with Crippen LogP contribution in [-0.4, -0.2) is 46.1 Å². The molecule has 0 bridgehead atoms. The van der Waals surface area contributed by atoms with Gasteiger partial charge in [-0.15, -0.1) is 0 Å². The van der Waals surface area contributed by atoms with Gasteiger partial charge in [-0.2, -0.15) is 0 Å². The number of piperidine rings is 1. The summed E-state index contributed by atoms with van der Waals surface area (Å²) in [5.74, 6) is 2.06. The number of methoxy groups -OCH3 is 1. The van der Waals surface area contributed by atoms with Gasteiger partial charge in [0.2, 0.25) is 5.95 Å². The molecule has 1 aliphatic heterocycles. The van der Waals surface area contributed by atoms with Crippen molar-refractivity contribution in [3.8, 4) is 0 Å². The Morgan fingerprint density at radius 3 is 2.88 bits per heavy atom. The molecular weight excluding hydrogens is 306 g/mol. The van der Waals surface area contributed by atoms with Gasteiger partial charge in [-0.05, 0) is 31.0 Å². The van der Waals surface area contributed by atoms with Crippen LogP contribution in [0.4, 0.5) is 5.95 Å². The summed E-state index contributed by atoms with van der Waals surface area (Å²) in [4.78, 5) is 29.4. The summed E-state index contributed by atoms with van der Waals surface area (Å²) in [6, 6.07) is 5.37. The standard InChI is InChI=1S/C17H19N5O2/c1-24-16(23)12-2-3-13-14(10-12)21-17(20-13)22-8-4-11(5-9-22)15-18-6-7-19-15/h2-3,6-7,10-11H,4-5,8-9H2,1H3,(H,18,19)(H,20,21). The Hall–Kier alpha value is -2.83. The molecule has 0 saturated carbocycles. The largest absolute Gasteiger partial charge is 0.465 e. The molecule has 124 valence electrons. The first-order valence-electron chi connectivity index (χ1n) is 8.07. The number of aromatic nitrogens is 4. The molecule has 7 nitrogen and oxygen atoms in total. The molecule has 0 unspecified atom stereocenters. The number of nitrogens with one attached hydrogen (secondary N) is 2. The molecule has 1 fully saturated rings. The number of H-pyrrole nitrogens is 2. The molecule has 4 rings (SSSR count). The quantitative estimate of drug-likeness (QED) is 0.722. The zero-order valence-electron chi connectivity index (χ0n) is 13.5. The van der Waals surface area contributed by atoms with Crippen LogP contribution in [-0.2, 0) is 4.74 Å². The molecule has 2 aromatic heterocycles. The van der Waals surface area contributed by atoms with Gasteiger partial charge in [0.05, 0.1) is 23.7 Å². The number of hydrogen-bond acceptors (Lipinski definition) is 5. The molecule has 0 spiro atoms. The number of esters is 1. The lowest BCUT2D eigenvalue weighted by molar-refractivity contribution is 0.0601. The third kappa shape index (κ3) is 2.62. The van der Waals surface area contributed by atoms with Gasteiger partial charge in [0, 0.05) is 31.4 Å². The van der Waals surface area contributed by atoms with Crippen LogP contribution in [0.25, 0.3) is 11.0 Å². The number of ether oxygens (including phenoxy) is 1. The SMILES string of the molecule is COC(=O)c1ccc2nc(N3CCC(c4ncc[nH]4)CC3)[nH]c2c1. The summed E-state index contributed by atoms with van der Waals surface area (Å²) in [6.45, 7) is 1.85. The highest BCUT2D eigenvalue weighted by Crippen LogP contribution is 2.28. The van der Waals surface area contributed by atoms with E-state index in [2.05, 4.69) is 24.8 Å². The summed E-state index contributed by atoms with van der Waals surface area (Å²) in [5.41, 5.74) is 2.23. The van der Waals surface area contributed by atoms with E-state index in [9.17, 15) is 4.79 Å². The maximum absolute atomic E-state index is 11.6. The molecule has 1 aliphatic rings. The fourth-order valence-electron chi connectivity index (χ4n) is 3.26. The number of rotatable bonds is 3. The van der Waals surface area contributed by atoms with Gasteiger partial charge in [0.15, 0.2) is 0 Å². The minimum Gasteiger partial charge on any atom is -0.465 e. The maximum Gasteiger partial charge on any atom is 0.337 e. The predicted octanol–water partition coefficient (Wildman–Crippen LogP) is 2.46. The van der Waals surface area contributed by atoms with Gasteiger partial charge >= 0.3 is 5.97 Å².